The number of esters is 2. The lowest BCUT2D eigenvalue weighted by Crippen LogP contribution is -2.48. The molecule has 0 fully saturated rings. The molecule has 0 saturated heterocycles. The minimum Gasteiger partial charge on any atom is -0.465 e. The first-order chi connectivity index (χ1) is 26.1. The molecule has 2 aromatic carbocycles. The second-order valence-corrected chi connectivity index (χ2v) is 15.5. The zero-order chi connectivity index (χ0) is 39.4. The van der Waals surface area contributed by atoms with Gasteiger partial charge in [0.25, 0.3) is 0 Å². The quantitative estimate of drug-likeness (QED) is 0.107. The summed E-state index contributed by atoms with van der Waals surface area (Å²) in [7, 11) is 2.50. The summed E-state index contributed by atoms with van der Waals surface area (Å²) in [6.45, 7) is 2.85. The van der Waals surface area contributed by atoms with E-state index in [0.717, 1.165) is 22.7 Å². The number of fused-ring (bicyclic) bond motifs is 2. The van der Waals surface area contributed by atoms with Crippen LogP contribution in [-0.4, -0.2) is 53.9 Å². The van der Waals surface area contributed by atoms with E-state index in [-0.39, 0.29) is 39.3 Å². The van der Waals surface area contributed by atoms with Gasteiger partial charge in [-0.2, -0.15) is 26.3 Å². The number of methoxy groups -OCH3 is 2. The molecule has 14 heteroatoms. The van der Waals surface area contributed by atoms with Crippen LogP contribution in [0.25, 0.3) is 45.1 Å². The Kier molecular flexibility index (Phi) is 9.70. The Labute approximate surface area is 318 Å². The Morgan fingerprint density at radius 1 is 0.673 bits per heavy atom. The molecule has 6 aromatic rings. The summed E-state index contributed by atoms with van der Waals surface area (Å²) in [5, 5.41) is 1.37. The number of aryl methyl sites for hydroxylation is 4. The molecule has 0 saturated carbocycles. The van der Waals surface area contributed by atoms with Crippen molar-refractivity contribution in [2.24, 2.45) is 0 Å². The van der Waals surface area contributed by atoms with Gasteiger partial charge in [0, 0.05) is 47.1 Å². The number of thiophene rings is 2. The molecule has 6 nitrogen and oxygen atoms in total. The molecule has 0 amide bonds. The van der Waals surface area contributed by atoms with Gasteiger partial charge >= 0.3 is 29.7 Å². The van der Waals surface area contributed by atoms with Gasteiger partial charge in [-0.3, -0.25) is 4.98 Å². The third kappa shape index (κ3) is 6.40. The van der Waals surface area contributed by atoms with Gasteiger partial charge in [0.2, 0.25) is 0 Å². The van der Waals surface area contributed by atoms with E-state index in [0.29, 0.717) is 42.9 Å². The molecule has 0 radical (unpaired) electrons. The van der Waals surface area contributed by atoms with Gasteiger partial charge in [-0.25, -0.2) is 14.6 Å². The number of carbonyl (C=O) groups is 2. The Balaban J connectivity index is 1.24. The highest BCUT2D eigenvalue weighted by Crippen LogP contribution is 2.65. The van der Waals surface area contributed by atoms with E-state index in [1.54, 1.807) is 66.7 Å². The topological polar surface area (TPSA) is 78.4 Å². The van der Waals surface area contributed by atoms with Gasteiger partial charge in [-0.15, -0.1) is 22.7 Å². The predicted molar refractivity (Wildman–Crippen MR) is 202 cm³/mol. The van der Waals surface area contributed by atoms with Crippen molar-refractivity contribution in [3.63, 3.8) is 0 Å². The van der Waals surface area contributed by atoms with Gasteiger partial charge < -0.3 is 9.47 Å². The van der Waals surface area contributed by atoms with Crippen molar-refractivity contribution >= 4 is 79.7 Å². The van der Waals surface area contributed by atoms with Crippen LogP contribution in [-0.2, 0) is 22.3 Å². The lowest BCUT2D eigenvalue weighted by Gasteiger charge is -2.25. The van der Waals surface area contributed by atoms with Crippen LogP contribution in [0.2, 0.25) is 0 Å². The van der Waals surface area contributed by atoms with Crippen molar-refractivity contribution in [3.8, 4) is 0 Å². The highest BCUT2D eigenvalue weighted by atomic mass is 32.1. The number of aromatic nitrogens is 2. The molecular formula is C41H30F6N2O4S2. The van der Waals surface area contributed by atoms with Crippen LogP contribution in [0.1, 0.15) is 62.7 Å². The molecule has 0 N–H and O–H groups in total. The minimum atomic E-state index is -5.71. The number of hydrogen-bond donors (Lipinski definition) is 0. The van der Waals surface area contributed by atoms with E-state index in [1.165, 1.54) is 46.3 Å². The molecule has 4 heterocycles. The van der Waals surface area contributed by atoms with E-state index < -0.39 is 46.4 Å². The number of nitrogens with zero attached hydrogens (tertiary/aromatic N) is 2. The molecule has 0 aliphatic heterocycles. The summed E-state index contributed by atoms with van der Waals surface area (Å²) in [5.41, 5.74) is -1.35. The van der Waals surface area contributed by atoms with Crippen LogP contribution in [0, 0.1) is 13.8 Å². The average molecular weight is 793 g/mol. The number of rotatable bonds is 9. The maximum atomic E-state index is 15.8. The molecular weight excluding hydrogens is 763 g/mol. The fourth-order valence-electron chi connectivity index (χ4n) is 6.73. The minimum absolute atomic E-state index is 0.140. The number of hydrogen-bond acceptors (Lipinski definition) is 8. The largest absolute Gasteiger partial charge is 0.465 e. The average Bonchev–Trinajstić information content (AvgIpc) is 3.75. The summed E-state index contributed by atoms with van der Waals surface area (Å²) < 4.78 is 103. The number of benzene rings is 2. The first kappa shape index (κ1) is 38.0. The number of allylic oxidation sites excluding steroid dienone is 2. The van der Waals surface area contributed by atoms with Gasteiger partial charge in [0.1, 0.15) is 0 Å². The molecule has 1 aliphatic rings. The van der Waals surface area contributed by atoms with Crippen molar-refractivity contribution < 1.29 is 45.4 Å². The second-order valence-electron chi connectivity index (χ2n) is 12.9. The highest BCUT2D eigenvalue weighted by molar-refractivity contribution is 7.13. The van der Waals surface area contributed by atoms with Crippen LogP contribution in [0.3, 0.4) is 0 Å². The Morgan fingerprint density at radius 2 is 1.22 bits per heavy atom. The molecule has 1 aliphatic carbocycles. The third-order valence-corrected chi connectivity index (χ3v) is 11.6. The number of alkyl halides is 6. The zero-order valence-electron chi connectivity index (χ0n) is 29.6. The predicted octanol–water partition coefficient (Wildman–Crippen LogP) is 10.9. The normalized spacial score (nSPS) is 16.0. The van der Waals surface area contributed by atoms with Crippen LogP contribution in [0.4, 0.5) is 26.3 Å². The summed E-state index contributed by atoms with van der Waals surface area (Å²) in [6.07, 6.45) is 3.59. The number of para-hydroxylation sites is 2. The fourth-order valence-corrected chi connectivity index (χ4v) is 8.72. The van der Waals surface area contributed by atoms with Crippen molar-refractivity contribution in [1.29, 1.82) is 0 Å². The van der Waals surface area contributed by atoms with E-state index >= 15 is 26.3 Å². The highest BCUT2D eigenvalue weighted by Gasteiger charge is 2.80. The summed E-state index contributed by atoms with van der Waals surface area (Å²) in [4.78, 5) is 34.9. The molecule has 0 unspecified atom stereocenters. The van der Waals surface area contributed by atoms with Gasteiger partial charge in [-0.05, 0) is 86.4 Å². The number of ether oxygens (including phenoxy) is 2. The summed E-state index contributed by atoms with van der Waals surface area (Å²) >= 11 is 2.02. The van der Waals surface area contributed by atoms with Crippen LogP contribution in [0.15, 0.2) is 72.8 Å². The lowest BCUT2D eigenvalue weighted by molar-refractivity contribution is -0.254. The van der Waals surface area contributed by atoms with E-state index in [2.05, 4.69) is 9.97 Å². The first-order valence-electron chi connectivity index (χ1n) is 16.8. The Morgan fingerprint density at radius 3 is 1.82 bits per heavy atom. The number of pyridine rings is 2. The van der Waals surface area contributed by atoms with Crippen LogP contribution < -0.4 is 0 Å². The molecule has 55 heavy (non-hydrogen) atoms. The maximum absolute atomic E-state index is 15.8. The van der Waals surface area contributed by atoms with Crippen molar-refractivity contribution in [1.82, 2.24) is 9.97 Å². The zero-order valence-corrected chi connectivity index (χ0v) is 31.2. The second kappa shape index (κ2) is 14.1. The maximum Gasteiger partial charge on any atom is 0.380 e. The molecule has 0 bridgehead atoms. The third-order valence-electron chi connectivity index (χ3n) is 9.49. The van der Waals surface area contributed by atoms with Gasteiger partial charge in [0.05, 0.1) is 42.1 Å². The smallest absolute Gasteiger partial charge is 0.380 e. The molecule has 282 valence electrons. The van der Waals surface area contributed by atoms with E-state index in [9.17, 15) is 9.59 Å². The van der Waals surface area contributed by atoms with Crippen molar-refractivity contribution in [2.45, 2.75) is 44.5 Å². The molecule has 0 atom stereocenters. The molecule has 4 aromatic heterocycles. The standard InChI is InChI=1S/C41H30F6N2O4S2/c1-21-31(19-27(54-21)17-15-25-13-11-23-7-5-9-29(35(23)48-25)37(50)52-3)33-34(40(44,45)41(46,47)39(33,42)43)32-20-28(55-22(32)2)18-16-26-14-12-24-8-6-10-30(36(24)49-26)38(51)53-4/h5-15,17,19-20H,16,18H2,1-4H3/b17-15+. The Hall–Kier alpha value is -5.34. The van der Waals surface area contributed by atoms with Crippen LogP contribution in [0.5, 0.6) is 0 Å². The van der Waals surface area contributed by atoms with Crippen molar-refractivity contribution in [3.05, 3.63) is 126 Å². The van der Waals surface area contributed by atoms with Gasteiger partial charge in [0.15, 0.2) is 0 Å². The summed E-state index contributed by atoms with van der Waals surface area (Å²) in [5.74, 6) is -17.3. The SMILES string of the molecule is COC(=O)c1cccc2ccc(/C=C/c3cc(C4=C(c5cc(CCc6ccc7cccc(C(=O)OC)c7n6)sc5C)C(F)(F)C(F)(F)C4(F)F)c(C)s3)nc12. The fraction of sp³-hybridized carbons (Fsp3) is 0.220. The van der Waals surface area contributed by atoms with E-state index in [1.807, 2.05) is 0 Å². The van der Waals surface area contributed by atoms with Gasteiger partial charge in [-0.1, -0.05) is 36.4 Å². The molecule has 0 spiro atoms. The lowest BCUT2D eigenvalue weighted by atomic mass is 9.95. The van der Waals surface area contributed by atoms with E-state index in [4.69, 9.17) is 9.47 Å². The summed E-state index contributed by atoms with van der Waals surface area (Å²) in [6, 6.07) is 19.5. The number of halogens is 6. The van der Waals surface area contributed by atoms with Crippen molar-refractivity contribution in [2.75, 3.05) is 14.2 Å². The number of carbonyl (C=O) groups excluding carboxylic acids is 2. The molecule has 7 rings (SSSR count). The first-order valence-corrected chi connectivity index (χ1v) is 18.4. The Bertz CT molecular complexity index is 2590. The monoisotopic (exact) mass is 792 g/mol. The van der Waals surface area contributed by atoms with Crippen LogP contribution >= 0.6 is 22.7 Å².